The Labute approximate surface area is 119 Å². The number of hydrogen-bond acceptors (Lipinski definition) is 3. The summed E-state index contributed by atoms with van der Waals surface area (Å²) < 4.78 is 64.5. The van der Waals surface area contributed by atoms with Crippen molar-refractivity contribution in [2.24, 2.45) is 0 Å². The second-order valence-corrected chi connectivity index (χ2v) is 5.77. The lowest BCUT2D eigenvalue weighted by molar-refractivity contribution is -0.139. The van der Waals surface area contributed by atoms with Crippen LogP contribution in [0.4, 0.5) is 27.1 Å². The highest BCUT2D eigenvalue weighted by molar-refractivity contribution is 7.22. The smallest absolute Gasteiger partial charge is 0.299 e. The van der Waals surface area contributed by atoms with E-state index in [-0.39, 0.29) is 15.3 Å². The summed E-state index contributed by atoms with van der Waals surface area (Å²) in [6.07, 6.45) is -4.83. The minimum atomic E-state index is -4.83. The van der Waals surface area contributed by atoms with Crippen LogP contribution in [0.3, 0.4) is 0 Å². The number of hydrogen-bond donors (Lipinski definition) is 1. The standard InChI is InChI=1S/C12H9F5N2OS/c1-11(2,14)9(20)19-10-18-7-4-6(13)5(12(15,16)17)3-8(7)21-10/h3-4H,1-2H3,(H,18,19,20). The lowest BCUT2D eigenvalue weighted by Gasteiger charge is -2.11. The number of carbonyl (C=O) groups is 1. The molecular weight excluding hydrogens is 315 g/mol. The third-order valence-electron chi connectivity index (χ3n) is 2.54. The number of nitrogens with one attached hydrogen (secondary N) is 1. The van der Waals surface area contributed by atoms with Crippen molar-refractivity contribution in [3.05, 3.63) is 23.5 Å². The van der Waals surface area contributed by atoms with Crippen molar-refractivity contribution in [1.82, 2.24) is 4.98 Å². The van der Waals surface area contributed by atoms with Crippen molar-refractivity contribution in [1.29, 1.82) is 0 Å². The number of alkyl halides is 4. The first-order valence-electron chi connectivity index (χ1n) is 5.66. The molecule has 0 atom stereocenters. The first-order valence-corrected chi connectivity index (χ1v) is 6.48. The van der Waals surface area contributed by atoms with E-state index in [1.807, 2.05) is 0 Å². The zero-order valence-corrected chi connectivity index (χ0v) is 11.6. The number of rotatable bonds is 2. The van der Waals surface area contributed by atoms with Gasteiger partial charge in [-0.2, -0.15) is 13.2 Å². The molecule has 2 aromatic rings. The number of aromatic nitrogens is 1. The molecule has 1 amide bonds. The molecule has 1 heterocycles. The van der Waals surface area contributed by atoms with Gasteiger partial charge in [0.05, 0.1) is 15.8 Å². The second-order valence-electron chi connectivity index (χ2n) is 4.74. The molecule has 21 heavy (non-hydrogen) atoms. The van der Waals surface area contributed by atoms with E-state index in [1.165, 1.54) is 0 Å². The summed E-state index contributed by atoms with van der Waals surface area (Å²) in [5.41, 5.74) is -3.62. The molecular formula is C12H9F5N2OS. The fourth-order valence-corrected chi connectivity index (χ4v) is 2.35. The number of carbonyl (C=O) groups excluding carboxylic acids is 1. The molecule has 3 nitrogen and oxygen atoms in total. The monoisotopic (exact) mass is 324 g/mol. The number of anilines is 1. The van der Waals surface area contributed by atoms with Crippen LogP contribution in [0.5, 0.6) is 0 Å². The molecule has 0 saturated carbocycles. The van der Waals surface area contributed by atoms with Gasteiger partial charge in [0.1, 0.15) is 5.82 Å². The number of nitrogens with zero attached hydrogens (tertiary/aromatic N) is 1. The molecule has 0 aliphatic carbocycles. The van der Waals surface area contributed by atoms with Gasteiger partial charge < -0.3 is 0 Å². The Morgan fingerprint density at radius 3 is 2.38 bits per heavy atom. The third-order valence-corrected chi connectivity index (χ3v) is 3.48. The molecule has 0 unspecified atom stereocenters. The van der Waals surface area contributed by atoms with Gasteiger partial charge in [0.15, 0.2) is 10.8 Å². The van der Waals surface area contributed by atoms with Gasteiger partial charge >= 0.3 is 6.18 Å². The van der Waals surface area contributed by atoms with Gasteiger partial charge in [0.2, 0.25) is 0 Å². The minimum Gasteiger partial charge on any atom is -0.299 e. The van der Waals surface area contributed by atoms with Crippen LogP contribution in [0.15, 0.2) is 12.1 Å². The summed E-state index contributed by atoms with van der Waals surface area (Å²) in [6, 6.07) is 1.24. The number of halogens is 5. The molecule has 0 saturated heterocycles. The average molecular weight is 324 g/mol. The van der Waals surface area contributed by atoms with E-state index in [9.17, 15) is 26.7 Å². The normalized spacial score (nSPS) is 12.7. The van der Waals surface area contributed by atoms with Crippen LogP contribution >= 0.6 is 11.3 Å². The van der Waals surface area contributed by atoms with Crippen molar-refractivity contribution in [3.63, 3.8) is 0 Å². The predicted octanol–water partition coefficient (Wildman–Crippen LogP) is 4.14. The molecule has 1 aromatic heterocycles. The molecule has 0 spiro atoms. The quantitative estimate of drug-likeness (QED) is 0.844. The molecule has 114 valence electrons. The summed E-state index contributed by atoms with van der Waals surface area (Å²) in [5, 5.41) is 2.04. The highest BCUT2D eigenvalue weighted by atomic mass is 32.1. The average Bonchev–Trinajstić information content (AvgIpc) is 2.66. The number of benzene rings is 1. The summed E-state index contributed by atoms with van der Waals surface area (Å²) in [7, 11) is 0. The Morgan fingerprint density at radius 1 is 1.24 bits per heavy atom. The Morgan fingerprint density at radius 2 is 1.86 bits per heavy atom. The van der Waals surface area contributed by atoms with Crippen LogP contribution in [0, 0.1) is 5.82 Å². The van der Waals surface area contributed by atoms with Gasteiger partial charge in [-0.1, -0.05) is 11.3 Å². The van der Waals surface area contributed by atoms with Crippen LogP contribution in [0.2, 0.25) is 0 Å². The zero-order valence-electron chi connectivity index (χ0n) is 10.8. The van der Waals surface area contributed by atoms with Crippen molar-refractivity contribution in [2.45, 2.75) is 25.7 Å². The van der Waals surface area contributed by atoms with Gasteiger partial charge in [-0.25, -0.2) is 13.8 Å². The first kappa shape index (κ1) is 15.6. The minimum absolute atomic E-state index is 0.0377. The second kappa shape index (κ2) is 4.90. The van der Waals surface area contributed by atoms with E-state index >= 15 is 0 Å². The maximum Gasteiger partial charge on any atom is 0.419 e. The van der Waals surface area contributed by atoms with E-state index in [0.29, 0.717) is 23.5 Å². The largest absolute Gasteiger partial charge is 0.419 e. The van der Waals surface area contributed by atoms with Gasteiger partial charge in [-0.3, -0.25) is 10.1 Å². The van der Waals surface area contributed by atoms with Crippen molar-refractivity contribution < 1.29 is 26.7 Å². The van der Waals surface area contributed by atoms with E-state index in [0.717, 1.165) is 13.8 Å². The fourth-order valence-electron chi connectivity index (χ4n) is 1.46. The molecule has 0 fully saturated rings. The maximum atomic E-state index is 13.4. The van der Waals surface area contributed by atoms with E-state index in [1.54, 1.807) is 0 Å². The molecule has 0 bridgehead atoms. The number of amides is 1. The maximum absolute atomic E-state index is 13.4. The molecule has 1 aromatic carbocycles. The van der Waals surface area contributed by atoms with Crippen molar-refractivity contribution >= 4 is 32.6 Å². The fraction of sp³-hybridized carbons (Fsp3) is 0.333. The SMILES string of the molecule is CC(C)(F)C(=O)Nc1nc2cc(F)c(C(F)(F)F)cc2s1. The summed E-state index contributed by atoms with van der Waals surface area (Å²) in [4.78, 5) is 15.2. The Kier molecular flexibility index (Phi) is 3.64. The van der Waals surface area contributed by atoms with E-state index < -0.39 is 29.1 Å². The Hall–Kier alpha value is -1.77. The van der Waals surface area contributed by atoms with Crippen LogP contribution in [-0.4, -0.2) is 16.6 Å². The molecule has 0 radical (unpaired) electrons. The summed E-state index contributed by atoms with van der Waals surface area (Å²) in [5.74, 6) is -2.44. The Bertz CT molecular complexity index is 702. The lowest BCUT2D eigenvalue weighted by atomic mass is 10.1. The van der Waals surface area contributed by atoms with Crippen LogP contribution in [0.1, 0.15) is 19.4 Å². The van der Waals surface area contributed by atoms with Crippen LogP contribution in [0.25, 0.3) is 10.2 Å². The molecule has 9 heteroatoms. The summed E-state index contributed by atoms with van der Waals surface area (Å²) in [6.45, 7) is 2.05. The Balaban J connectivity index is 2.41. The van der Waals surface area contributed by atoms with Crippen molar-refractivity contribution in [3.8, 4) is 0 Å². The van der Waals surface area contributed by atoms with Gasteiger partial charge in [0.25, 0.3) is 5.91 Å². The lowest BCUT2D eigenvalue weighted by Crippen LogP contribution is -2.32. The third kappa shape index (κ3) is 3.29. The molecule has 0 aliphatic rings. The zero-order chi connectivity index (χ0) is 16.0. The van der Waals surface area contributed by atoms with E-state index in [2.05, 4.69) is 10.3 Å². The molecule has 2 rings (SSSR count). The number of thiazole rings is 1. The van der Waals surface area contributed by atoms with Crippen molar-refractivity contribution in [2.75, 3.05) is 5.32 Å². The topological polar surface area (TPSA) is 42.0 Å². The van der Waals surface area contributed by atoms with Crippen LogP contribution < -0.4 is 5.32 Å². The van der Waals surface area contributed by atoms with Gasteiger partial charge in [-0.15, -0.1) is 0 Å². The molecule has 0 aliphatic heterocycles. The van der Waals surface area contributed by atoms with Gasteiger partial charge in [0, 0.05) is 6.07 Å². The van der Waals surface area contributed by atoms with Gasteiger partial charge in [-0.05, 0) is 19.9 Å². The highest BCUT2D eigenvalue weighted by Crippen LogP contribution is 2.36. The predicted molar refractivity (Wildman–Crippen MR) is 68.4 cm³/mol. The first-order chi connectivity index (χ1) is 9.48. The summed E-state index contributed by atoms with van der Waals surface area (Å²) >= 11 is 0.704. The van der Waals surface area contributed by atoms with Crippen LogP contribution in [-0.2, 0) is 11.0 Å². The van der Waals surface area contributed by atoms with E-state index in [4.69, 9.17) is 0 Å². The molecule has 1 N–H and O–H groups in total. The number of fused-ring (bicyclic) bond motifs is 1. The highest BCUT2D eigenvalue weighted by Gasteiger charge is 2.35.